The Hall–Kier alpha value is -6.45. The fourth-order valence-electron chi connectivity index (χ4n) is 7.56. The van der Waals surface area contributed by atoms with Crippen LogP contribution >= 0.6 is 0 Å². The Kier molecular flexibility index (Phi) is 5.87. The maximum atomic E-state index is 4.75. The Balaban J connectivity index is 1.11. The molecular formula is C45H29N3. The van der Waals surface area contributed by atoms with E-state index in [0.29, 0.717) is 0 Å². The van der Waals surface area contributed by atoms with Crippen molar-refractivity contribution in [3.63, 3.8) is 0 Å². The van der Waals surface area contributed by atoms with Gasteiger partial charge in [-0.15, -0.1) is 0 Å². The number of rotatable bonds is 4. The second kappa shape index (κ2) is 10.5. The van der Waals surface area contributed by atoms with Crippen LogP contribution in [0.1, 0.15) is 0 Å². The summed E-state index contributed by atoms with van der Waals surface area (Å²) >= 11 is 0. The van der Waals surface area contributed by atoms with Crippen LogP contribution in [0.15, 0.2) is 176 Å². The van der Waals surface area contributed by atoms with Gasteiger partial charge in [-0.3, -0.25) is 4.98 Å². The molecule has 0 spiro atoms. The molecule has 3 aromatic heterocycles. The number of pyridine rings is 1. The number of para-hydroxylation sites is 3. The van der Waals surface area contributed by atoms with E-state index in [0.717, 1.165) is 16.9 Å². The summed E-state index contributed by atoms with van der Waals surface area (Å²) in [5.41, 5.74) is 11.7. The van der Waals surface area contributed by atoms with Gasteiger partial charge in [0.2, 0.25) is 0 Å². The molecule has 0 fully saturated rings. The largest absolute Gasteiger partial charge is 0.309 e. The maximum absolute atomic E-state index is 4.75. The summed E-state index contributed by atoms with van der Waals surface area (Å²) in [5, 5.41) is 7.38. The zero-order chi connectivity index (χ0) is 31.6. The molecule has 3 heteroatoms. The van der Waals surface area contributed by atoms with Crippen molar-refractivity contribution >= 4 is 54.4 Å². The molecule has 0 saturated heterocycles. The molecule has 224 valence electrons. The third-order valence-electron chi connectivity index (χ3n) is 9.77. The number of hydrogen-bond donors (Lipinski definition) is 0. The van der Waals surface area contributed by atoms with Gasteiger partial charge < -0.3 is 9.13 Å². The molecule has 0 unspecified atom stereocenters. The van der Waals surface area contributed by atoms with E-state index in [-0.39, 0.29) is 0 Å². The van der Waals surface area contributed by atoms with Crippen molar-refractivity contribution < 1.29 is 0 Å². The monoisotopic (exact) mass is 611 g/mol. The summed E-state index contributed by atoms with van der Waals surface area (Å²) in [6, 6.07) is 61.2. The summed E-state index contributed by atoms with van der Waals surface area (Å²) < 4.78 is 4.75. The van der Waals surface area contributed by atoms with Crippen molar-refractivity contribution in [2.24, 2.45) is 0 Å². The zero-order valence-corrected chi connectivity index (χ0v) is 26.1. The maximum Gasteiger partial charge on any atom is 0.0780 e. The molecule has 0 radical (unpaired) electrons. The molecule has 0 aliphatic carbocycles. The molecule has 10 aromatic rings. The van der Waals surface area contributed by atoms with E-state index < -0.39 is 0 Å². The number of fused-ring (bicyclic) bond motifs is 7. The molecule has 0 aliphatic rings. The van der Waals surface area contributed by atoms with E-state index in [4.69, 9.17) is 4.98 Å². The first-order valence-electron chi connectivity index (χ1n) is 16.4. The average Bonchev–Trinajstić information content (AvgIpc) is 3.67. The van der Waals surface area contributed by atoms with E-state index in [9.17, 15) is 0 Å². The van der Waals surface area contributed by atoms with Crippen LogP contribution in [0, 0.1) is 0 Å². The van der Waals surface area contributed by atoms with Crippen LogP contribution < -0.4 is 0 Å². The molecule has 0 aliphatic heterocycles. The molecule has 3 heterocycles. The van der Waals surface area contributed by atoms with Gasteiger partial charge in [0.05, 0.1) is 27.8 Å². The van der Waals surface area contributed by atoms with Gasteiger partial charge in [0.15, 0.2) is 0 Å². The second-order valence-electron chi connectivity index (χ2n) is 12.4. The molecular weight excluding hydrogens is 583 g/mol. The topological polar surface area (TPSA) is 22.8 Å². The predicted molar refractivity (Wildman–Crippen MR) is 201 cm³/mol. The highest BCUT2D eigenvalue weighted by molar-refractivity contribution is 6.12. The normalized spacial score (nSPS) is 11.8. The Morgan fingerprint density at radius 3 is 1.44 bits per heavy atom. The van der Waals surface area contributed by atoms with E-state index in [1.54, 1.807) is 0 Å². The summed E-state index contributed by atoms with van der Waals surface area (Å²) in [7, 11) is 0. The second-order valence-corrected chi connectivity index (χ2v) is 12.4. The smallest absolute Gasteiger partial charge is 0.0780 e. The van der Waals surface area contributed by atoms with Crippen LogP contribution in [0.4, 0.5) is 0 Å². The lowest BCUT2D eigenvalue weighted by Gasteiger charge is -2.11. The molecule has 48 heavy (non-hydrogen) atoms. The van der Waals surface area contributed by atoms with Crippen LogP contribution in [-0.4, -0.2) is 14.1 Å². The zero-order valence-electron chi connectivity index (χ0n) is 26.1. The Morgan fingerprint density at radius 1 is 0.333 bits per heavy atom. The van der Waals surface area contributed by atoms with Crippen LogP contribution in [-0.2, 0) is 0 Å². The summed E-state index contributed by atoms with van der Waals surface area (Å²) in [6.45, 7) is 0. The number of aromatic nitrogens is 3. The first kappa shape index (κ1) is 26.7. The van der Waals surface area contributed by atoms with Crippen molar-refractivity contribution in [2.75, 3.05) is 0 Å². The highest BCUT2D eigenvalue weighted by Crippen LogP contribution is 2.38. The third-order valence-corrected chi connectivity index (χ3v) is 9.77. The highest BCUT2D eigenvalue weighted by atomic mass is 15.0. The summed E-state index contributed by atoms with van der Waals surface area (Å²) in [4.78, 5) is 4.75. The molecule has 7 aromatic carbocycles. The molecule has 10 rings (SSSR count). The summed E-state index contributed by atoms with van der Waals surface area (Å²) in [6.07, 6.45) is 1.90. The van der Waals surface area contributed by atoms with Gasteiger partial charge >= 0.3 is 0 Å². The van der Waals surface area contributed by atoms with Gasteiger partial charge in [0.1, 0.15) is 0 Å². The molecule has 3 nitrogen and oxygen atoms in total. The molecule has 0 amide bonds. The molecule has 0 saturated carbocycles. The highest BCUT2D eigenvalue weighted by Gasteiger charge is 2.16. The van der Waals surface area contributed by atoms with Gasteiger partial charge in [-0.1, -0.05) is 103 Å². The minimum Gasteiger partial charge on any atom is -0.309 e. The van der Waals surface area contributed by atoms with Gasteiger partial charge in [-0.05, 0) is 83.2 Å². The minimum absolute atomic E-state index is 1.01. The van der Waals surface area contributed by atoms with Crippen LogP contribution in [0.5, 0.6) is 0 Å². The van der Waals surface area contributed by atoms with Crippen molar-refractivity contribution in [1.29, 1.82) is 0 Å². The minimum atomic E-state index is 1.01. The van der Waals surface area contributed by atoms with Crippen molar-refractivity contribution in [3.8, 4) is 33.8 Å². The summed E-state index contributed by atoms with van der Waals surface area (Å²) in [5.74, 6) is 0. The SMILES string of the molecule is c1ccc(-n2c3ccccc3c3cc(-c4ccc5c(c4)c4ccccc4n5-c4ccc(-c5nccc6ccccc56)cc4)ccc32)cc1. The van der Waals surface area contributed by atoms with E-state index in [1.807, 2.05) is 6.20 Å². The fourth-order valence-corrected chi connectivity index (χ4v) is 7.56. The van der Waals surface area contributed by atoms with Crippen LogP contribution in [0.2, 0.25) is 0 Å². The van der Waals surface area contributed by atoms with Gasteiger partial charge in [0.25, 0.3) is 0 Å². The molecule has 0 atom stereocenters. The molecule has 0 bridgehead atoms. The first-order valence-corrected chi connectivity index (χ1v) is 16.4. The lowest BCUT2D eigenvalue weighted by Crippen LogP contribution is -1.94. The van der Waals surface area contributed by atoms with Crippen molar-refractivity contribution in [3.05, 3.63) is 176 Å². The molecule has 0 N–H and O–H groups in total. The van der Waals surface area contributed by atoms with Crippen molar-refractivity contribution in [2.45, 2.75) is 0 Å². The Labute approximate surface area is 277 Å². The average molecular weight is 612 g/mol. The number of benzene rings is 7. The van der Waals surface area contributed by atoms with E-state index in [2.05, 4.69) is 179 Å². The standard InChI is InChI=1S/C45H29N3/c1-2-11-34(12-3-1)47-41-16-8-6-14-37(41)39-28-32(20-24-43(39)47)33-21-25-44-40(29-33)38-15-7-9-17-42(38)48(44)35-22-18-31(19-23-35)45-36-13-5-4-10-30(36)26-27-46-45/h1-29H. The third kappa shape index (κ3) is 4.04. The van der Waals surface area contributed by atoms with Crippen LogP contribution in [0.3, 0.4) is 0 Å². The van der Waals surface area contributed by atoms with Crippen LogP contribution in [0.25, 0.3) is 88.1 Å². The Bertz CT molecular complexity index is 2820. The van der Waals surface area contributed by atoms with E-state index in [1.165, 1.54) is 71.2 Å². The lowest BCUT2D eigenvalue weighted by atomic mass is 10.0. The fraction of sp³-hybridized carbons (Fsp3) is 0. The van der Waals surface area contributed by atoms with Gasteiger partial charge in [0, 0.05) is 50.1 Å². The number of nitrogens with zero attached hydrogens (tertiary/aromatic N) is 3. The van der Waals surface area contributed by atoms with E-state index >= 15 is 0 Å². The number of hydrogen-bond acceptors (Lipinski definition) is 1. The predicted octanol–water partition coefficient (Wildman–Crippen LogP) is 11.8. The Morgan fingerprint density at radius 2 is 0.812 bits per heavy atom. The van der Waals surface area contributed by atoms with Gasteiger partial charge in [-0.2, -0.15) is 0 Å². The van der Waals surface area contributed by atoms with Gasteiger partial charge in [-0.25, -0.2) is 0 Å². The lowest BCUT2D eigenvalue weighted by molar-refractivity contribution is 1.18. The van der Waals surface area contributed by atoms with Crippen molar-refractivity contribution in [1.82, 2.24) is 14.1 Å². The first-order chi connectivity index (χ1) is 23.8. The quantitative estimate of drug-likeness (QED) is 0.194.